The van der Waals surface area contributed by atoms with Crippen molar-refractivity contribution in [1.29, 1.82) is 0 Å². The first-order valence-corrected chi connectivity index (χ1v) is 7.95. The normalized spacial score (nSPS) is 21.8. The van der Waals surface area contributed by atoms with E-state index in [0.29, 0.717) is 11.4 Å². The van der Waals surface area contributed by atoms with Crippen LogP contribution in [0.5, 0.6) is 0 Å². The summed E-state index contributed by atoms with van der Waals surface area (Å²) < 4.78 is 0. The Kier molecular flexibility index (Phi) is 4.77. The van der Waals surface area contributed by atoms with Gasteiger partial charge in [0.05, 0.1) is 11.8 Å². The zero-order valence-electron chi connectivity index (χ0n) is 12.2. The van der Waals surface area contributed by atoms with E-state index in [4.69, 9.17) is 5.73 Å². The highest BCUT2D eigenvalue weighted by Crippen LogP contribution is 2.34. The molecule has 0 bridgehead atoms. The molecular weight excluding hydrogens is 288 g/mol. The highest BCUT2D eigenvalue weighted by atomic mass is 32.2. The molecule has 6 heteroatoms. The summed E-state index contributed by atoms with van der Waals surface area (Å²) in [4.78, 5) is 25.4. The molecule has 3 N–H and O–H groups in total. The number of benzene rings is 1. The molecule has 0 spiro atoms. The van der Waals surface area contributed by atoms with E-state index in [0.717, 1.165) is 5.56 Å². The summed E-state index contributed by atoms with van der Waals surface area (Å²) in [5.41, 5.74) is 7.12. The lowest BCUT2D eigenvalue weighted by Gasteiger charge is -2.29. The number of carbonyl (C=O) groups is 2. The van der Waals surface area contributed by atoms with Gasteiger partial charge in [-0.15, -0.1) is 11.8 Å². The fraction of sp³-hybridized carbons (Fsp3) is 0.467. The quantitative estimate of drug-likeness (QED) is 0.829. The zero-order chi connectivity index (χ0) is 15.6. The van der Waals surface area contributed by atoms with Gasteiger partial charge in [0.15, 0.2) is 0 Å². The lowest BCUT2D eigenvalue weighted by Crippen LogP contribution is -2.47. The number of hydrogen-bond acceptors (Lipinski definition) is 4. The largest absolute Gasteiger partial charge is 0.480 e. The number of thioether (sulfide) groups is 1. The first kappa shape index (κ1) is 15.7. The van der Waals surface area contributed by atoms with Crippen LogP contribution >= 0.6 is 11.8 Å². The molecule has 5 nitrogen and oxygen atoms in total. The van der Waals surface area contributed by atoms with Gasteiger partial charge in [-0.1, -0.05) is 26.0 Å². The molecule has 1 aliphatic rings. The van der Waals surface area contributed by atoms with Gasteiger partial charge in [0, 0.05) is 11.4 Å². The molecule has 1 aromatic rings. The number of carboxylic acids is 1. The van der Waals surface area contributed by atoms with Gasteiger partial charge >= 0.3 is 5.97 Å². The summed E-state index contributed by atoms with van der Waals surface area (Å²) in [6, 6.07) is 6.36. The minimum Gasteiger partial charge on any atom is -0.480 e. The molecule has 1 amide bonds. The Morgan fingerprint density at radius 3 is 2.52 bits per heavy atom. The Hall–Kier alpha value is -1.69. The number of amides is 1. The number of nitrogens with zero attached hydrogens (tertiary/aromatic N) is 1. The number of anilines is 1. The Morgan fingerprint density at radius 2 is 2.00 bits per heavy atom. The van der Waals surface area contributed by atoms with E-state index in [1.165, 1.54) is 4.90 Å². The van der Waals surface area contributed by atoms with Crippen molar-refractivity contribution >= 4 is 29.3 Å². The highest BCUT2D eigenvalue weighted by molar-refractivity contribution is 8.00. The van der Waals surface area contributed by atoms with Crippen LogP contribution in [-0.2, 0) is 16.0 Å². The topological polar surface area (TPSA) is 83.6 Å². The van der Waals surface area contributed by atoms with Crippen molar-refractivity contribution in [2.75, 3.05) is 11.5 Å². The number of carboxylic acid groups (broad SMARTS) is 1. The Labute approximate surface area is 128 Å². The summed E-state index contributed by atoms with van der Waals surface area (Å²) in [5.74, 6) is -0.409. The van der Waals surface area contributed by atoms with Crippen LogP contribution in [0.2, 0.25) is 0 Å². The number of aliphatic carboxylic acids is 1. The molecule has 2 rings (SSSR count). The molecule has 2 atom stereocenters. The fourth-order valence-corrected chi connectivity index (χ4v) is 3.94. The molecular formula is C15H20N2O3S. The van der Waals surface area contributed by atoms with Crippen molar-refractivity contribution in [3.05, 3.63) is 29.8 Å². The van der Waals surface area contributed by atoms with Crippen molar-refractivity contribution in [1.82, 2.24) is 4.90 Å². The van der Waals surface area contributed by atoms with E-state index >= 15 is 0 Å². The van der Waals surface area contributed by atoms with Crippen LogP contribution in [0.4, 0.5) is 5.69 Å². The van der Waals surface area contributed by atoms with Crippen molar-refractivity contribution < 1.29 is 14.7 Å². The minimum absolute atomic E-state index is 0.0765. The molecule has 0 aromatic heterocycles. The SMILES string of the molecule is CC(C)C1SCC(C(=O)O)N1C(=O)Cc1ccc(N)cc1. The molecule has 1 saturated heterocycles. The monoisotopic (exact) mass is 308 g/mol. The molecule has 114 valence electrons. The van der Waals surface area contributed by atoms with Gasteiger partial charge in [-0.2, -0.15) is 0 Å². The molecule has 21 heavy (non-hydrogen) atoms. The zero-order valence-corrected chi connectivity index (χ0v) is 13.0. The first-order chi connectivity index (χ1) is 9.90. The van der Waals surface area contributed by atoms with Crippen LogP contribution in [0.3, 0.4) is 0 Å². The van der Waals surface area contributed by atoms with Crippen molar-refractivity contribution in [2.24, 2.45) is 5.92 Å². The van der Waals surface area contributed by atoms with Crippen LogP contribution < -0.4 is 5.73 Å². The lowest BCUT2D eigenvalue weighted by molar-refractivity contribution is -0.149. The second kappa shape index (κ2) is 6.39. The van der Waals surface area contributed by atoms with Gasteiger partial charge in [0.25, 0.3) is 0 Å². The molecule has 0 aliphatic carbocycles. The smallest absolute Gasteiger partial charge is 0.327 e. The summed E-state index contributed by atoms with van der Waals surface area (Å²) in [6.45, 7) is 4.01. The van der Waals surface area contributed by atoms with Gasteiger partial charge in [-0.3, -0.25) is 4.79 Å². The maximum Gasteiger partial charge on any atom is 0.327 e. The summed E-state index contributed by atoms with van der Waals surface area (Å²) in [5, 5.41) is 9.23. The van der Waals surface area contributed by atoms with E-state index < -0.39 is 12.0 Å². The number of nitrogen functional groups attached to an aromatic ring is 1. The van der Waals surface area contributed by atoms with Gasteiger partial charge in [0.2, 0.25) is 5.91 Å². The van der Waals surface area contributed by atoms with Crippen LogP contribution in [-0.4, -0.2) is 39.1 Å². The lowest BCUT2D eigenvalue weighted by atomic mass is 10.1. The maximum absolute atomic E-state index is 12.5. The van der Waals surface area contributed by atoms with E-state index in [-0.39, 0.29) is 23.6 Å². The molecule has 1 aliphatic heterocycles. The average Bonchev–Trinajstić information content (AvgIpc) is 2.86. The Bertz CT molecular complexity index is 530. The third-order valence-corrected chi connectivity index (χ3v) is 5.13. The standard InChI is InChI=1S/C15H20N2O3S/c1-9(2)14-17(12(8-21-14)15(19)20)13(18)7-10-3-5-11(16)6-4-10/h3-6,9,12,14H,7-8,16H2,1-2H3,(H,19,20). The predicted molar refractivity (Wildman–Crippen MR) is 83.9 cm³/mol. The van der Waals surface area contributed by atoms with Crippen molar-refractivity contribution in [2.45, 2.75) is 31.7 Å². The summed E-state index contributed by atoms with van der Waals surface area (Å²) in [6.07, 6.45) is 0.202. The average molecular weight is 308 g/mol. The molecule has 0 radical (unpaired) electrons. The van der Waals surface area contributed by atoms with Gasteiger partial charge in [0.1, 0.15) is 6.04 Å². The van der Waals surface area contributed by atoms with E-state index in [1.54, 1.807) is 36.0 Å². The molecule has 1 aromatic carbocycles. The van der Waals surface area contributed by atoms with Gasteiger partial charge in [-0.05, 0) is 23.6 Å². The minimum atomic E-state index is -0.934. The second-order valence-corrected chi connectivity index (χ2v) is 6.69. The fourth-order valence-electron chi connectivity index (χ4n) is 2.45. The van der Waals surface area contributed by atoms with Crippen LogP contribution in [0, 0.1) is 5.92 Å². The number of nitrogens with two attached hydrogens (primary N) is 1. The van der Waals surface area contributed by atoms with E-state index in [2.05, 4.69) is 0 Å². The van der Waals surface area contributed by atoms with Crippen LogP contribution in [0.15, 0.2) is 24.3 Å². The summed E-state index contributed by atoms with van der Waals surface area (Å²) >= 11 is 1.54. The van der Waals surface area contributed by atoms with Gasteiger partial charge in [-0.25, -0.2) is 4.79 Å². The molecule has 1 fully saturated rings. The number of hydrogen-bond donors (Lipinski definition) is 2. The van der Waals surface area contributed by atoms with Gasteiger partial charge < -0.3 is 15.7 Å². The second-order valence-electron chi connectivity index (χ2n) is 5.54. The Morgan fingerprint density at radius 1 is 1.38 bits per heavy atom. The first-order valence-electron chi connectivity index (χ1n) is 6.90. The Balaban J connectivity index is 2.16. The molecule has 1 heterocycles. The summed E-state index contributed by atoms with van der Waals surface area (Å²) in [7, 11) is 0. The predicted octanol–water partition coefficient (Wildman–Crippen LogP) is 1.82. The van der Waals surface area contributed by atoms with Crippen molar-refractivity contribution in [3.63, 3.8) is 0 Å². The van der Waals surface area contributed by atoms with Crippen LogP contribution in [0.25, 0.3) is 0 Å². The third-order valence-electron chi connectivity index (χ3n) is 3.51. The third kappa shape index (κ3) is 3.50. The molecule has 0 saturated carbocycles. The van der Waals surface area contributed by atoms with E-state index in [1.807, 2.05) is 13.8 Å². The molecule has 2 unspecified atom stereocenters. The number of carbonyl (C=O) groups excluding carboxylic acids is 1. The van der Waals surface area contributed by atoms with E-state index in [9.17, 15) is 14.7 Å². The van der Waals surface area contributed by atoms with Crippen LogP contribution in [0.1, 0.15) is 19.4 Å². The van der Waals surface area contributed by atoms with Crippen molar-refractivity contribution in [3.8, 4) is 0 Å². The highest BCUT2D eigenvalue weighted by Gasteiger charge is 2.42. The number of rotatable bonds is 4. The maximum atomic E-state index is 12.5.